The minimum atomic E-state index is -0.385. The van der Waals surface area contributed by atoms with Gasteiger partial charge in [-0.3, -0.25) is 14.4 Å². The van der Waals surface area contributed by atoms with Crippen molar-refractivity contribution in [3.8, 4) is 17.2 Å². The van der Waals surface area contributed by atoms with Crippen molar-refractivity contribution < 1.29 is 14.3 Å². The zero-order valence-corrected chi connectivity index (χ0v) is 22.1. The van der Waals surface area contributed by atoms with Crippen molar-refractivity contribution >= 4 is 40.0 Å². The van der Waals surface area contributed by atoms with Crippen molar-refractivity contribution in [3.05, 3.63) is 57.3 Å². The van der Waals surface area contributed by atoms with Gasteiger partial charge in [-0.15, -0.1) is 0 Å². The molecule has 2 amide bonds. The highest BCUT2D eigenvalue weighted by Crippen LogP contribution is 2.42. The molecule has 3 aliphatic heterocycles. The van der Waals surface area contributed by atoms with Crippen LogP contribution in [0.2, 0.25) is 5.02 Å². The molecule has 0 spiro atoms. The molecule has 6 rings (SSSR count). The Kier molecular flexibility index (Phi) is 6.49. The first-order valence-electron chi connectivity index (χ1n) is 13.1. The van der Waals surface area contributed by atoms with Crippen LogP contribution in [0.5, 0.6) is 11.5 Å². The van der Waals surface area contributed by atoms with Gasteiger partial charge in [0, 0.05) is 75.2 Å². The summed E-state index contributed by atoms with van der Waals surface area (Å²) in [4.78, 5) is 45.1. The molecule has 2 saturated heterocycles. The van der Waals surface area contributed by atoms with E-state index in [-0.39, 0.29) is 22.8 Å². The molecule has 1 N–H and O–H groups in total. The number of carbonyl (C=O) groups excluding carboxylic acids is 2. The molecular weight excluding hydrogens is 506 g/mol. The molecule has 0 unspecified atom stereocenters. The lowest BCUT2D eigenvalue weighted by molar-refractivity contribution is -0.129. The number of carbonyl (C=O) groups is 2. The third-order valence-corrected chi connectivity index (χ3v) is 7.93. The summed E-state index contributed by atoms with van der Waals surface area (Å²) in [5.41, 5.74) is 1.90. The number of likely N-dealkylation sites (tertiary alicyclic amines) is 1. The van der Waals surface area contributed by atoms with Crippen LogP contribution in [0.25, 0.3) is 16.6 Å². The average molecular weight is 536 g/mol. The molecule has 0 radical (unpaired) electrons. The quantitative estimate of drug-likeness (QED) is 0.422. The van der Waals surface area contributed by atoms with Crippen molar-refractivity contribution in [1.29, 1.82) is 0 Å². The highest BCUT2D eigenvalue weighted by molar-refractivity contribution is 6.30. The summed E-state index contributed by atoms with van der Waals surface area (Å²) in [5, 5.41) is 3.89. The number of fused-ring (bicyclic) bond motifs is 2. The summed E-state index contributed by atoms with van der Waals surface area (Å²) in [6.07, 6.45) is 3.98. The zero-order chi connectivity index (χ0) is 26.4. The van der Waals surface area contributed by atoms with Crippen LogP contribution in [-0.4, -0.2) is 78.5 Å². The van der Waals surface area contributed by atoms with Gasteiger partial charge in [-0.1, -0.05) is 11.6 Å². The lowest BCUT2D eigenvalue weighted by atomic mass is 10.1. The standard InChI is InChI=1S/C28H30ClN5O4/c1-18(35)32-10-12-33(13-11-32)20-15-21-26-25(16-20)38-24-14-19(29)4-5-23(24)34(26)17-22(27(21)36)28(37)30-6-9-31-7-2-3-8-31/h4-5,14-17H,2-3,6-13H2,1H3,(H,30,37). The average Bonchev–Trinajstić information content (AvgIpc) is 3.43. The molecule has 198 valence electrons. The molecule has 4 heterocycles. The summed E-state index contributed by atoms with van der Waals surface area (Å²) in [5.74, 6) is 0.746. The number of amides is 2. The molecule has 10 heteroatoms. The fourth-order valence-corrected chi connectivity index (χ4v) is 5.78. The van der Waals surface area contributed by atoms with Gasteiger partial charge in [0.1, 0.15) is 11.1 Å². The molecule has 38 heavy (non-hydrogen) atoms. The first kappa shape index (κ1) is 24.8. The second kappa shape index (κ2) is 9.96. The van der Waals surface area contributed by atoms with Crippen LogP contribution in [0, 0.1) is 0 Å². The van der Waals surface area contributed by atoms with Gasteiger partial charge in [0.15, 0.2) is 11.5 Å². The van der Waals surface area contributed by atoms with Gasteiger partial charge >= 0.3 is 0 Å². The van der Waals surface area contributed by atoms with Gasteiger partial charge in [-0.25, -0.2) is 0 Å². The molecular formula is C28H30ClN5O4. The van der Waals surface area contributed by atoms with Crippen molar-refractivity contribution in [3.63, 3.8) is 0 Å². The fraction of sp³-hybridized carbons (Fsp3) is 0.393. The van der Waals surface area contributed by atoms with E-state index in [9.17, 15) is 14.4 Å². The maximum absolute atomic E-state index is 13.7. The highest BCUT2D eigenvalue weighted by Gasteiger charge is 2.27. The largest absolute Gasteiger partial charge is 0.453 e. The number of rotatable bonds is 5. The van der Waals surface area contributed by atoms with E-state index in [0.717, 1.165) is 25.3 Å². The predicted molar refractivity (Wildman–Crippen MR) is 147 cm³/mol. The minimum absolute atomic E-state index is 0.0540. The van der Waals surface area contributed by atoms with Crippen molar-refractivity contribution in [2.75, 3.05) is 57.3 Å². The van der Waals surface area contributed by atoms with E-state index in [1.165, 1.54) is 12.8 Å². The predicted octanol–water partition coefficient (Wildman–Crippen LogP) is 3.24. The number of nitrogens with one attached hydrogen (secondary N) is 1. The van der Waals surface area contributed by atoms with Crippen molar-refractivity contribution in [1.82, 2.24) is 19.7 Å². The van der Waals surface area contributed by atoms with Gasteiger partial charge in [-0.2, -0.15) is 0 Å². The van der Waals surface area contributed by atoms with E-state index in [2.05, 4.69) is 15.1 Å². The smallest absolute Gasteiger partial charge is 0.256 e. The SMILES string of the molecule is CC(=O)N1CCN(c2cc3c4c(c2)c(=O)c(C(=O)NCCN2CCCC2)cn4-c2ccc(Cl)cc2O3)CC1. The van der Waals surface area contributed by atoms with E-state index in [4.69, 9.17) is 16.3 Å². The number of benzene rings is 2. The summed E-state index contributed by atoms with van der Waals surface area (Å²) in [6.45, 7) is 7.40. The number of ether oxygens (including phenoxy) is 1. The first-order chi connectivity index (χ1) is 18.4. The molecule has 2 aromatic carbocycles. The molecule has 1 aromatic heterocycles. The summed E-state index contributed by atoms with van der Waals surface area (Å²) < 4.78 is 8.11. The number of nitrogens with zero attached hydrogens (tertiary/aromatic N) is 4. The Balaban J connectivity index is 1.40. The fourth-order valence-electron chi connectivity index (χ4n) is 5.62. The molecule has 0 aliphatic carbocycles. The Hall–Kier alpha value is -3.56. The van der Waals surface area contributed by atoms with Gasteiger partial charge in [0.2, 0.25) is 11.3 Å². The number of anilines is 1. The third kappa shape index (κ3) is 4.50. The van der Waals surface area contributed by atoms with Crippen LogP contribution in [0.1, 0.15) is 30.1 Å². The molecule has 9 nitrogen and oxygen atoms in total. The lowest BCUT2D eigenvalue weighted by Gasteiger charge is -2.36. The number of piperazine rings is 1. The Labute approximate surface area is 225 Å². The number of halogens is 1. The van der Waals surface area contributed by atoms with Crippen molar-refractivity contribution in [2.24, 2.45) is 0 Å². The van der Waals surface area contributed by atoms with E-state index in [1.807, 2.05) is 27.7 Å². The topological polar surface area (TPSA) is 87.1 Å². The first-order valence-corrected chi connectivity index (χ1v) is 13.5. The van der Waals surface area contributed by atoms with Crippen LogP contribution in [0.4, 0.5) is 5.69 Å². The Morgan fingerprint density at radius 1 is 1.00 bits per heavy atom. The van der Waals surface area contributed by atoms with Crippen LogP contribution in [0.3, 0.4) is 0 Å². The van der Waals surface area contributed by atoms with Gasteiger partial charge in [0.25, 0.3) is 5.91 Å². The Morgan fingerprint density at radius 2 is 1.76 bits per heavy atom. The number of pyridine rings is 1. The Morgan fingerprint density at radius 3 is 2.50 bits per heavy atom. The van der Waals surface area contributed by atoms with Gasteiger partial charge < -0.3 is 29.3 Å². The molecule has 2 fully saturated rings. The molecule has 3 aromatic rings. The second-order valence-corrected chi connectivity index (χ2v) is 10.5. The maximum atomic E-state index is 13.7. The minimum Gasteiger partial charge on any atom is -0.453 e. The number of hydrogen-bond donors (Lipinski definition) is 1. The highest BCUT2D eigenvalue weighted by atomic mass is 35.5. The lowest BCUT2D eigenvalue weighted by Crippen LogP contribution is -2.48. The normalized spacial score (nSPS) is 16.9. The number of hydrogen-bond acceptors (Lipinski definition) is 6. The number of aromatic nitrogens is 1. The van der Waals surface area contributed by atoms with Crippen molar-refractivity contribution in [2.45, 2.75) is 19.8 Å². The zero-order valence-electron chi connectivity index (χ0n) is 21.3. The maximum Gasteiger partial charge on any atom is 0.256 e. The summed E-state index contributed by atoms with van der Waals surface area (Å²) >= 11 is 6.27. The van der Waals surface area contributed by atoms with E-state index < -0.39 is 0 Å². The molecule has 3 aliphatic rings. The summed E-state index contributed by atoms with van der Waals surface area (Å²) in [7, 11) is 0. The van der Waals surface area contributed by atoms with Crippen LogP contribution < -0.4 is 20.4 Å². The van der Waals surface area contributed by atoms with E-state index in [1.54, 1.807) is 25.3 Å². The summed E-state index contributed by atoms with van der Waals surface area (Å²) in [6, 6.07) is 9.08. The Bertz CT molecular complexity index is 1490. The molecule has 0 saturated carbocycles. The monoisotopic (exact) mass is 535 g/mol. The van der Waals surface area contributed by atoms with Crippen LogP contribution in [0.15, 0.2) is 41.3 Å². The van der Waals surface area contributed by atoms with Crippen LogP contribution >= 0.6 is 11.6 Å². The molecule has 0 bridgehead atoms. The van der Waals surface area contributed by atoms with Crippen LogP contribution in [-0.2, 0) is 4.79 Å². The van der Waals surface area contributed by atoms with Gasteiger partial charge in [0.05, 0.1) is 11.1 Å². The van der Waals surface area contributed by atoms with E-state index in [0.29, 0.717) is 65.8 Å². The molecule has 0 atom stereocenters. The van der Waals surface area contributed by atoms with E-state index >= 15 is 0 Å². The third-order valence-electron chi connectivity index (χ3n) is 7.70. The second-order valence-electron chi connectivity index (χ2n) is 10.1. The van der Waals surface area contributed by atoms with Gasteiger partial charge in [-0.05, 0) is 44.1 Å².